The van der Waals surface area contributed by atoms with Crippen LogP contribution in [0.15, 0.2) is 36.7 Å². The van der Waals surface area contributed by atoms with E-state index in [1.54, 1.807) is 6.20 Å². The van der Waals surface area contributed by atoms with Gasteiger partial charge in [0.1, 0.15) is 5.82 Å². The number of hydrogen-bond donors (Lipinski definition) is 3. The van der Waals surface area contributed by atoms with Gasteiger partial charge in [0.15, 0.2) is 0 Å². The van der Waals surface area contributed by atoms with Gasteiger partial charge >= 0.3 is 0 Å². The highest BCUT2D eigenvalue weighted by molar-refractivity contribution is 6.33. The average molecular weight is 321 g/mol. The summed E-state index contributed by atoms with van der Waals surface area (Å²) < 4.78 is 0. The van der Waals surface area contributed by atoms with Crippen LogP contribution in [-0.4, -0.2) is 34.1 Å². The molecule has 6 nitrogen and oxygen atoms in total. The number of aliphatic hydroxyl groups is 1. The van der Waals surface area contributed by atoms with Crippen molar-refractivity contribution in [1.82, 2.24) is 9.97 Å². The maximum Gasteiger partial charge on any atom is 0.250 e. The minimum absolute atomic E-state index is 0.0144. The molecule has 7 heteroatoms. The zero-order valence-corrected chi connectivity index (χ0v) is 12.6. The summed E-state index contributed by atoms with van der Waals surface area (Å²) >= 11 is 6.05. The number of carbonyl (C=O) groups is 1. The number of aliphatic hydroxyl groups excluding tert-OH is 1. The smallest absolute Gasteiger partial charge is 0.250 e. The third kappa shape index (κ3) is 4.41. The molecule has 1 unspecified atom stereocenters. The Bertz CT molecular complexity index is 637. The van der Waals surface area contributed by atoms with Gasteiger partial charge < -0.3 is 16.2 Å². The Labute approximate surface area is 133 Å². The van der Waals surface area contributed by atoms with Crippen LogP contribution in [0.3, 0.4) is 0 Å². The molecule has 0 saturated heterocycles. The summed E-state index contributed by atoms with van der Waals surface area (Å²) in [5.41, 5.74) is 6.33. The lowest BCUT2D eigenvalue weighted by Gasteiger charge is -2.15. The van der Waals surface area contributed by atoms with E-state index in [4.69, 9.17) is 17.3 Å². The zero-order chi connectivity index (χ0) is 15.9. The summed E-state index contributed by atoms with van der Waals surface area (Å²) in [6.45, 7) is 0.496. The van der Waals surface area contributed by atoms with Gasteiger partial charge in [-0.25, -0.2) is 4.98 Å². The maximum absolute atomic E-state index is 11.0. The minimum Gasteiger partial charge on any atom is -0.396 e. The summed E-state index contributed by atoms with van der Waals surface area (Å²) in [7, 11) is 0. The molecule has 1 atom stereocenters. The lowest BCUT2D eigenvalue weighted by atomic mass is 10.0. The van der Waals surface area contributed by atoms with Gasteiger partial charge in [0.25, 0.3) is 0 Å². The summed E-state index contributed by atoms with van der Waals surface area (Å²) in [6, 6.07) is 7.13. The molecule has 2 aromatic heterocycles. The number of nitrogens with one attached hydrogen (secondary N) is 1. The highest BCUT2D eigenvalue weighted by Crippen LogP contribution is 2.20. The standard InChI is InChI=1S/C15H17ClN4O2/c16-13-6-11(14(17)22)8-20-15(13)19-7-10(9-21)5-12-3-1-2-4-18-12/h1-4,6,8,10,21H,5,7,9H2,(H2,17,22)(H,19,20). The van der Waals surface area contributed by atoms with E-state index < -0.39 is 5.91 Å². The van der Waals surface area contributed by atoms with Crippen molar-refractivity contribution in [2.24, 2.45) is 11.7 Å². The Morgan fingerprint density at radius 1 is 1.41 bits per heavy atom. The fourth-order valence-electron chi connectivity index (χ4n) is 1.96. The van der Waals surface area contributed by atoms with Crippen LogP contribution >= 0.6 is 11.6 Å². The van der Waals surface area contributed by atoms with Crippen molar-refractivity contribution in [2.45, 2.75) is 6.42 Å². The predicted molar refractivity (Wildman–Crippen MR) is 84.8 cm³/mol. The first-order chi connectivity index (χ1) is 10.6. The van der Waals surface area contributed by atoms with E-state index in [9.17, 15) is 9.90 Å². The van der Waals surface area contributed by atoms with Gasteiger partial charge in [-0.05, 0) is 24.6 Å². The second kappa shape index (κ2) is 7.72. The van der Waals surface area contributed by atoms with Gasteiger partial charge in [0, 0.05) is 37.2 Å². The third-order valence-corrected chi connectivity index (χ3v) is 3.45. The van der Waals surface area contributed by atoms with Gasteiger partial charge in [-0.2, -0.15) is 0 Å². The molecule has 2 aromatic rings. The average Bonchev–Trinajstić information content (AvgIpc) is 2.53. The molecule has 0 aliphatic carbocycles. The van der Waals surface area contributed by atoms with E-state index in [0.29, 0.717) is 23.8 Å². The van der Waals surface area contributed by atoms with Crippen molar-refractivity contribution in [2.75, 3.05) is 18.5 Å². The van der Waals surface area contributed by atoms with Crippen LogP contribution < -0.4 is 11.1 Å². The maximum atomic E-state index is 11.0. The van der Waals surface area contributed by atoms with Crippen molar-refractivity contribution in [1.29, 1.82) is 0 Å². The number of aromatic nitrogens is 2. The van der Waals surface area contributed by atoms with E-state index in [1.165, 1.54) is 12.3 Å². The number of pyridine rings is 2. The van der Waals surface area contributed by atoms with E-state index in [1.807, 2.05) is 18.2 Å². The zero-order valence-electron chi connectivity index (χ0n) is 11.9. The molecule has 2 rings (SSSR count). The molecule has 116 valence electrons. The Morgan fingerprint density at radius 2 is 2.23 bits per heavy atom. The van der Waals surface area contributed by atoms with Crippen molar-refractivity contribution >= 4 is 23.3 Å². The molecule has 0 aromatic carbocycles. The normalized spacial score (nSPS) is 11.9. The molecule has 0 aliphatic heterocycles. The number of halogens is 1. The highest BCUT2D eigenvalue weighted by atomic mass is 35.5. The Balaban J connectivity index is 1.97. The second-order valence-corrected chi connectivity index (χ2v) is 5.28. The van der Waals surface area contributed by atoms with Crippen molar-refractivity contribution in [3.63, 3.8) is 0 Å². The fraction of sp³-hybridized carbons (Fsp3) is 0.267. The first-order valence-corrected chi connectivity index (χ1v) is 7.18. The quantitative estimate of drug-likeness (QED) is 0.717. The number of anilines is 1. The van der Waals surface area contributed by atoms with Gasteiger partial charge in [0.05, 0.1) is 10.6 Å². The van der Waals surface area contributed by atoms with Gasteiger partial charge in [-0.15, -0.1) is 0 Å². The lowest BCUT2D eigenvalue weighted by molar-refractivity contribution is 0.1000. The molecular formula is C15H17ClN4O2. The molecule has 0 aliphatic rings. The minimum atomic E-state index is -0.579. The number of rotatable bonds is 7. The third-order valence-electron chi connectivity index (χ3n) is 3.17. The number of nitrogens with zero attached hydrogens (tertiary/aromatic N) is 2. The van der Waals surface area contributed by atoms with Gasteiger partial charge in [-0.3, -0.25) is 9.78 Å². The van der Waals surface area contributed by atoms with Crippen LogP contribution in [0.4, 0.5) is 5.82 Å². The van der Waals surface area contributed by atoms with Crippen LogP contribution in [0.2, 0.25) is 5.02 Å². The molecule has 4 N–H and O–H groups in total. The highest BCUT2D eigenvalue weighted by Gasteiger charge is 2.12. The molecule has 0 spiro atoms. The summed E-state index contributed by atoms with van der Waals surface area (Å²) in [6.07, 6.45) is 3.72. The Morgan fingerprint density at radius 3 is 2.82 bits per heavy atom. The molecule has 0 saturated carbocycles. The van der Waals surface area contributed by atoms with Crippen LogP contribution in [0.5, 0.6) is 0 Å². The molecule has 0 radical (unpaired) electrons. The number of primary amides is 1. The topological polar surface area (TPSA) is 101 Å². The van der Waals surface area contributed by atoms with Crippen molar-refractivity contribution in [3.8, 4) is 0 Å². The molecule has 1 amide bonds. The summed E-state index contributed by atoms with van der Waals surface area (Å²) in [4.78, 5) is 19.4. The van der Waals surface area contributed by atoms with Crippen LogP contribution in [0.1, 0.15) is 16.1 Å². The lowest BCUT2D eigenvalue weighted by Crippen LogP contribution is -2.21. The predicted octanol–water partition coefficient (Wildman–Crippen LogP) is 1.49. The first-order valence-electron chi connectivity index (χ1n) is 6.80. The van der Waals surface area contributed by atoms with Crippen molar-refractivity contribution in [3.05, 3.63) is 52.9 Å². The summed E-state index contributed by atoms with van der Waals surface area (Å²) in [5, 5.41) is 12.8. The number of hydrogen-bond acceptors (Lipinski definition) is 5. The number of carbonyl (C=O) groups excluding carboxylic acids is 1. The summed E-state index contributed by atoms with van der Waals surface area (Å²) in [5.74, 6) is -0.154. The van der Waals surface area contributed by atoms with E-state index in [0.717, 1.165) is 5.69 Å². The fourth-order valence-corrected chi connectivity index (χ4v) is 2.19. The Kier molecular flexibility index (Phi) is 5.68. The van der Waals surface area contributed by atoms with E-state index >= 15 is 0 Å². The van der Waals surface area contributed by atoms with Crippen LogP contribution in [-0.2, 0) is 6.42 Å². The van der Waals surface area contributed by atoms with Crippen LogP contribution in [0.25, 0.3) is 0 Å². The van der Waals surface area contributed by atoms with E-state index in [-0.39, 0.29) is 18.1 Å². The second-order valence-electron chi connectivity index (χ2n) is 4.87. The molecular weight excluding hydrogens is 304 g/mol. The van der Waals surface area contributed by atoms with Gasteiger partial charge in [0.2, 0.25) is 5.91 Å². The first kappa shape index (κ1) is 16.2. The SMILES string of the molecule is NC(=O)c1cnc(NCC(CO)Cc2ccccn2)c(Cl)c1. The van der Waals surface area contributed by atoms with Crippen LogP contribution in [0, 0.1) is 5.92 Å². The molecule has 2 heterocycles. The van der Waals surface area contributed by atoms with E-state index in [2.05, 4.69) is 15.3 Å². The largest absolute Gasteiger partial charge is 0.396 e. The number of nitrogens with two attached hydrogens (primary N) is 1. The van der Waals surface area contributed by atoms with Crippen molar-refractivity contribution < 1.29 is 9.90 Å². The monoisotopic (exact) mass is 320 g/mol. The molecule has 0 fully saturated rings. The number of amides is 1. The molecule has 0 bridgehead atoms. The molecule has 22 heavy (non-hydrogen) atoms. The van der Waals surface area contributed by atoms with Gasteiger partial charge in [-0.1, -0.05) is 17.7 Å². The Hall–Kier alpha value is -2.18.